The van der Waals surface area contributed by atoms with E-state index in [1.54, 1.807) is 12.4 Å². The fraction of sp³-hybridized carbons (Fsp3) is 0.417. The summed E-state index contributed by atoms with van der Waals surface area (Å²) in [5, 5.41) is 3.31. The summed E-state index contributed by atoms with van der Waals surface area (Å²) in [5.74, 6) is 1.05. The first-order valence-corrected chi connectivity index (χ1v) is 5.78. The van der Waals surface area contributed by atoms with Gasteiger partial charge in [0, 0.05) is 37.9 Å². The fourth-order valence-corrected chi connectivity index (χ4v) is 1.61. The van der Waals surface area contributed by atoms with Crippen molar-refractivity contribution in [1.29, 1.82) is 0 Å². The topological polar surface area (TPSA) is 55.6 Å². The summed E-state index contributed by atoms with van der Waals surface area (Å²) < 4.78 is 2.12. The Kier molecular flexibility index (Phi) is 3.82. The van der Waals surface area contributed by atoms with Crippen LogP contribution in [0.5, 0.6) is 0 Å². The lowest BCUT2D eigenvalue weighted by molar-refractivity contribution is 0.606. The summed E-state index contributed by atoms with van der Waals surface area (Å²) in [7, 11) is 0. The molecule has 2 heterocycles. The van der Waals surface area contributed by atoms with E-state index in [4.69, 9.17) is 0 Å². The van der Waals surface area contributed by atoms with Crippen molar-refractivity contribution >= 4 is 0 Å². The average Bonchev–Trinajstić information content (AvgIpc) is 2.79. The van der Waals surface area contributed by atoms with Gasteiger partial charge in [0.2, 0.25) is 0 Å². The van der Waals surface area contributed by atoms with Crippen molar-refractivity contribution in [2.75, 3.05) is 0 Å². The molecule has 0 bridgehead atoms. The lowest BCUT2D eigenvalue weighted by Gasteiger charge is -2.06. The number of rotatable bonds is 5. The van der Waals surface area contributed by atoms with Crippen molar-refractivity contribution in [3.05, 3.63) is 42.0 Å². The molecule has 0 aliphatic heterocycles. The molecule has 17 heavy (non-hydrogen) atoms. The van der Waals surface area contributed by atoms with Gasteiger partial charge >= 0.3 is 0 Å². The van der Waals surface area contributed by atoms with E-state index < -0.39 is 0 Å². The van der Waals surface area contributed by atoms with Crippen molar-refractivity contribution < 1.29 is 0 Å². The number of hydrogen-bond donors (Lipinski definition) is 1. The molecule has 0 fully saturated rings. The zero-order valence-corrected chi connectivity index (χ0v) is 10.2. The SMILES string of the molecule is CCn1ccnc1CNCc1cnc(C)cn1. The average molecular weight is 231 g/mol. The third kappa shape index (κ3) is 3.10. The molecule has 0 amide bonds. The van der Waals surface area contributed by atoms with E-state index in [2.05, 4.69) is 31.8 Å². The standard InChI is InChI=1S/C12H17N5/c1-3-17-5-4-14-12(17)9-13-7-11-8-15-10(2)6-16-11/h4-6,8,13H,3,7,9H2,1-2H3. The molecule has 0 saturated heterocycles. The van der Waals surface area contributed by atoms with Crippen molar-refractivity contribution in [3.8, 4) is 0 Å². The van der Waals surface area contributed by atoms with Crippen LogP contribution < -0.4 is 5.32 Å². The second kappa shape index (κ2) is 5.54. The predicted octanol–water partition coefficient (Wildman–Crippen LogP) is 1.29. The molecule has 0 spiro atoms. The minimum atomic E-state index is 0.712. The zero-order valence-electron chi connectivity index (χ0n) is 10.2. The third-order valence-electron chi connectivity index (χ3n) is 2.57. The van der Waals surface area contributed by atoms with Gasteiger partial charge in [0.15, 0.2) is 0 Å². The first-order chi connectivity index (χ1) is 8.29. The minimum Gasteiger partial charge on any atom is -0.334 e. The molecule has 2 aromatic heterocycles. The molecule has 2 aromatic rings. The van der Waals surface area contributed by atoms with Gasteiger partial charge in [-0.1, -0.05) is 0 Å². The molecular weight excluding hydrogens is 214 g/mol. The molecule has 0 unspecified atom stereocenters. The van der Waals surface area contributed by atoms with E-state index >= 15 is 0 Å². The molecule has 0 aromatic carbocycles. The van der Waals surface area contributed by atoms with Gasteiger partial charge in [0.25, 0.3) is 0 Å². The highest BCUT2D eigenvalue weighted by Crippen LogP contribution is 1.98. The molecule has 90 valence electrons. The fourth-order valence-electron chi connectivity index (χ4n) is 1.61. The van der Waals surface area contributed by atoms with Gasteiger partial charge in [-0.2, -0.15) is 0 Å². The highest BCUT2D eigenvalue weighted by molar-refractivity contribution is 5.00. The van der Waals surface area contributed by atoms with Crippen molar-refractivity contribution in [3.63, 3.8) is 0 Å². The minimum absolute atomic E-state index is 0.712. The Morgan fingerprint density at radius 2 is 2.06 bits per heavy atom. The van der Waals surface area contributed by atoms with Crippen LogP contribution in [0.25, 0.3) is 0 Å². The lowest BCUT2D eigenvalue weighted by atomic mass is 10.4. The Hall–Kier alpha value is -1.75. The van der Waals surface area contributed by atoms with Crippen molar-refractivity contribution in [2.24, 2.45) is 0 Å². The van der Waals surface area contributed by atoms with E-state index in [1.807, 2.05) is 19.3 Å². The number of aryl methyl sites for hydroxylation is 2. The van der Waals surface area contributed by atoms with Crippen LogP contribution in [0.2, 0.25) is 0 Å². The van der Waals surface area contributed by atoms with Gasteiger partial charge in [-0.05, 0) is 13.8 Å². The monoisotopic (exact) mass is 231 g/mol. The molecular formula is C12H17N5. The molecule has 0 atom stereocenters. The summed E-state index contributed by atoms with van der Waals surface area (Å²) in [6.07, 6.45) is 7.40. The van der Waals surface area contributed by atoms with E-state index in [1.165, 1.54) is 0 Å². The molecule has 0 aliphatic carbocycles. The smallest absolute Gasteiger partial charge is 0.122 e. The maximum Gasteiger partial charge on any atom is 0.122 e. The lowest BCUT2D eigenvalue weighted by Crippen LogP contribution is -2.17. The van der Waals surface area contributed by atoms with Gasteiger partial charge in [0.05, 0.1) is 17.9 Å². The molecule has 0 saturated carbocycles. The third-order valence-corrected chi connectivity index (χ3v) is 2.57. The normalized spacial score (nSPS) is 10.7. The summed E-state index contributed by atoms with van der Waals surface area (Å²) in [6, 6.07) is 0. The van der Waals surface area contributed by atoms with Crippen molar-refractivity contribution in [2.45, 2.75) is 33.5 Å². The van der Waals surface area contributed by atoms with Crippen LogP contribution in [0.15, 0.2) is 24.8 Å². The highest BCUT2D eigenvalue weighted by atomic mass is 15.1. The van der Waals surface area contributed by atoms with Crippen LogP contribution in [-0.4, -0.2) is 19.5 Å². The maximum atomic E-state index is 4.30. The second-order valence-corrected chi connectivity index (χ2v) is 3.88. The summed E-state index contributed by atoms with van der Waals surface area (Å²) >= 11 is 0. The van der Waals surface area contributed by atoms with Crippen LogP contribution in [-0.2, 0) is 19.6 Å². The zero-order chi connectivity index (χ0) is 12.1. The van der Waals surface area contributed by atoms with Crippen LogP contribution in [0.4, 0.5) is 0 Å². The molecule has 1 N–H and O–H groups in total. The highest BCUT2D eigenvalue weighted by Gasteiger charge is 2.00. The maximum absolute atomic E-state index is 4.30. The van der Waals surface area contributed by atoms with Gasteiger partial charge in [-0.3, -0.25) is 9.97 Å². The van der Waals surface area contributed by atoms with Gasteiger partial charge in [-0.15, -0.1) is 0 Å². The van der Waals surface area contributed by atoms with Gasteiger partial charge < -0.3 is 9.88 Å². The molecule has 0 radical (unpaired) electrons. The Morgan fingerprint density at radius 3 is 2.76 bits per heavy atom. The van der Waals surface area contributed by atoms with Gasteiger partial charge in [-0.25, -0.2) is 4.98 Å². The number of nitrogens with zero attached hydrogens (tertiary/aromatic N) is 4. The van der Waals surface area contributed by atoms with E-state index in [-0.39, 0.29) is 0 Å². The van der Waals surface area contributed by atoms with Gasteiger partial charge in [0.1, 0.15) is 5.82 Å². The van der Waals surface area contributed by atoms with Crippen LogP contribution >= 0.6 is 0 Å². The molecule has 0 aliphatic rings. The Morgan fingerprint density at radius 1 is 1.18 bits per heavy atom. The summed E-state index contributed by atoms with van der Waals surface area (Å²) in [5.41, 5.74) is 1.89. The van der Waals surface area contributed by atoms with Crippen LogP contribution in [0, 0.1) is 6.92 Å². The summed E-state index contributed by atoms with van der Waals surface area (Å²) in [4.78, 5) is 12.8. The van der Waals surface area contributed by atoms with E-state index in [0.717, 1.165) is 30.3 Å². The largest absolute Gasteiger partial charge is 0.334 e. The van der Waals surface area contributed by atoms with Crippen molar-refractivity contribution in [1.82, 2.24) is 24.8 Å². The van der Waals surface area contributed by atoms with Crippen LogP contribution in [0.3, 0.4) is 0 Å². The van der Waals surface area contributed by atoms with E-state index in [0.29, 0.717) is 6.54 Å². The Balaban J connectivity index is 1.85. The summed E-state index contributed by atoms with van der Waals surface area (Å²) in [6.45, 7) is 6.44. The Bertz CT molecular complexity index is 460. The van der Waals surface area contributed by atoms with Crippen LogP contribution in [0.1, 0.15) is 24.1 Å². The first kappa shape index (κ1) is 11.7. The number of nitrogens with one attached hydrogen (secondary N) is 1. The Labute approximate surface area is 101 Å². The molecule has 5 heteroatoms. The quantitative estimate of drug-likeness (QED) is 0.842. The molecule has 2 rings (SSSR count). The predicted molar refractivity (Wildman–Crippen MR) is 65.2 cm³/mol. The second-order valence-electron chi connectivity index (χ2n) is 3.88. The van der Waals surface area contributed by atoms with E-state index in [9.17, 15) is 0 Å². The number of imidazole rings is 1. The molecule has 5 nitrogen and oxygen atoms in total. The number of aromatic nitrogens is 4. The number of hydrogen-bond acceptors (Lipinski definition) is 4. The first-order valence-electron chi connectivity index (χ1n) is 5.78.